The fraction of sp³-hybridized carbons (Fsp3) is 0.0870. The quantitative estimate of drug-likeness (QED) is 0.479. The number of methoxy groups -OCH3 is 2. The fourth-order valence-corrected chi connectivity index (χ4v) is 2.83. The molecular formula is C23H19NO8. The number of carbonyl (C=O) groups is 3. The first-order chi connectivity index (χ1) is 15.3. The Labute approximate surface area is 182 Å². The van der Waals surface area contributed by atoms with Crippen molar-refractivity contribution < 1.29 is 38.8 Å². The Balaban J connectivity index is 1.87. The Kier molecular flexibility index (Phi) is 6.59. The van der Waals surface area contributed by atoms with Crippen LogP contribution in [0.1, 0.15) is 31.1 Å². The zero-order valence-corrected chi connectivity index (χ0v) is 17.1. The Morgan fingerprint density at radius 3 is 1.94 bits per heavy atom. The molecule has 3 aromatic rings. The van der Waals surface area contributed by atoms with Crippen molar-refractivity contribution in [2.45, 2.75) is 0 Å². The molecule has 0 bridgehead atoms. The summed E-state index contributed by atoms with van der Waals surface area (Å²) in [7, 11) is 2.90. The van der Waals surface area contributed by atoms with E-state index in [4.69, 9.17) is 19.3 Å². The molecule has 32 heavy (non-hydrogen) atoms. The van der Waals surface area contributed by atoms with E-state index in [1.165, 1.54) is 62.8 Å². The van der Waals surface area contributed by atoms with E-state index < -0.39 is 17.8 Å². The molecule has 1 amide bonds. The lowest BCUT2D eigenvalue weighted by Crippen LogP contribution is -2.15. The summed E-state index contributed by atoms with van der Waals surface area (Å²) in [6, 6.07) is 14.4. The van der Waals surface area contributed by atoms with E-state index >= 15 is 0 Å². The molecule has 3 aromatic carbocycles. The lowest BCUT2D eigenvalue weighted by Gasteiger charge is -2.13. The molecule has 0 heterocycles. The van der Waals surface area contributed by atoms with Gasteiger partial charge in [-0.15, -0.1) is 0 Å². The first kappa shape index (κ1) is 22.2. The van der Waals surface area contributed by atoms with Crippen LogP contribution in [0, 0.1) is 0 Å². The highest BCUT2D eigenvalue weighted by atomic mass is 16.5. The van der Waals surface area contributed by atoms with Crippen molar-refractivity contribution in [3.8, 4) is 23.0 Å². The van der Waals surface area contributed by atoms with Gasteiger partial charge in [0.1, 0.15) is 23.0 Å². The number of hydrogen-bond donors (Lipinski definition) is 3. The second-order valence-corrected chi connectivity index (χ2v) is 6.50. The monoisotopic (exact) mass is 437 g/mol. The Hall–Kier alpha value is -4.53. The average molecular weight is 437 g/mol. The predicted octanol–water partition coefficient (Wildman–Crippen LogP) is 4.14. The van der Waals surface area contributed by atoms with Crippen molar-refractivity contribution >= 4 is 23.5 Å². The number of nitrogens with one attached hydrogen (secondary N) is 1. The zero-order chi connectivity index (χ0) is 23.3. The SMILES string of the molecule is COc1cc(OC)cc(C(=O)Nc2ccc(Oc3cccc(C(=O)O)c3)cc2C(=O)O)c1. The van der Waals surface area contributed by atoms with E-state index in [1.54, 1.807) is 12.1 Å². The molecule has 0 fully saturated rings. The van der Waals surface area contributed by atoms with Gasteiger partial charge in [0.25, 0.3) is 5.91 Å². The van der Waals surface area contributed by atoms with E-state index in [2.05, 4.69) is 5.32 Å². The van der Waals surface area contributed by atoms with Crippen LogP contribution in [0.4, 0.5) is 5.69 Å². The van der Waals surface area contributed by atoms with Crippen LogP contribution in [0.2, 0.25) is 0 Å². The van der Waals surface area contributed by atoms with Crippen molar-refractivity contribution in [3.63, 3.8) is 0 Å². The maximum atomic E-state index is 12.7. The Bertz CT molecular complexity index is 1170. The number of amides is 1. The highest BCUT2D eigenvalue weighted by molar-refractivity contribution is 6.08. The second kappa shape index (κ2) is 9.52. The minimum atomic E-state index is -1.28. The highest BCUT2D eigenvalue weighted by Crippen LogP contribution is 2.28. The number of hydrogen-bond acceptors (Lipinski definition) is 6. The first-order valence-electron chi connectivity index (χ1n) is 9.23. The van der Waals surface area contributed by atoms with E-state index in [1.807, 2.05) is 0 Å². The molecule has 0 spiro atoms. The summed E-state index contributed by atoms with van der Waals surface area (Å²) >= 11 is 0. The molecule has 0 radical (unpaired) electrons. The molecule has 0 aliphatic heterocycles. The van der Waals surface area contributed by atoms with Crippen LogP contribution in [-0.2, 0) is 0 Å². The minimum Gasteiger partial charge on any atom is -0.497 e. The standard InChI is InChI=1S/C23H19NO8/c1-30-17-9-14(10-18(11-17)31-2)21(25)24-20-7-6-16(12-19(20)23(28)29)32-15-5-3-4-13(8-15)22(26)27/h3-12H,1-2H3,(H,24,25)(H,26,27)(H,28,29). The smallest absolute Gasteiger partial charge is 0.337 e. The first-order valence-corrected chi connectivity index (χ1v) is 9.23. The topological polar surface area (TPSA) is 131 Å². The largest absolute Gasteiger partial charge is 0.497 e. The lowest BCUT2D eigenvalue weighted by molar-refractivity contribution is 0.0686. The van der Waals surface area contributed by atoms with Crippen molar-refractivity contribution in [1.29, 1.82) is 0 Å². The highest BCUT2D eigenvalue weighted by Gasteiger charge is 2.17. The molecule has 0 unspecified atom stereocenters. The van der Waals surface area contributed by atoms with Crippen molar-refractivity contribution in [2.24, 2.45) is 0 Å². The third-order valence-electron chi connectivity index (χ3n) is 4.40. The average Bonchev–Trinajstić information content (AvgIpc) is 2.79. The van der Waals surface area contributed by atoms with Gasteiger partial charge in [0, 0.05) is 11.6 Å². The van der Waals surface area contributed by atoms with E-state index in [-0.39, 0.29) is 33.9 Å². The number of aromatic carboxylic acids is 2. The molecule has 9 heteroatoms. The van der Waals surface area contributed by atoms with Gasteiger partial charge in [0.05, 0.1) is 31.0 Å². The molecule has 9 nitrogen and oxygen atoms in total. The molecule has 0 aliphatic carbocycles. The summed E-state index contributed by atoms with van der Waals surface area (Å²) in [6.07, 6.45) is 0. The van der Waals surface area contributed by atoms with Crippen LogP contribution >= 0.6 is 0 Å². The van der Waals surface area contributed by atoms with Gasteiger partial charge in [-0.1, -0.05) is 6.07 Å². The molecule has 0 saturated heterocycles. The molecule has 0 aromatic heterocycles. The molecule has 0 aliphatic rings. The summed E-state index contributed by atoms with van der Waals surface area (Å²) < 4.78 is 15.9. The zero-order valence-electron chi connectivity index (χ0n) is 17.1. The van der Waals surface area contributed by atoms with E-state index in [0.29, 0.717) is 11.5 Å². The third-order valence-corrected chi connectivity index (χ3v) is 4.40. The van der Waals surface area contributed by atoms with Crippen LogP contribution in [-0.4, -0.2) is 42.3 Å². The van der Waals surface area contributed by atoms with Crippen LogP contribution in [0.25, 0.3) is 0 Å². The van der Waals surface area contributed by atoms with Crippen molar-refractivity contribution in [1.82, 2.24) is 0 Å². The van der Waals surface area contributed by atoms with Crippen LogP contribution in [0.5, 0.6) is 23.0 Å². The van der Waals surface area contributed by atoms with Gasteiger partial charge < -0.3 is 29.7 Å². The van der Waals surface area contributed by atoms with E-state index in [0.717, 1.165) is 0 Å². The number of anilines is 1. The van der Waals surface area contributed by atoms with Gasteiger partial charge in [-0.3, -0.25) is 4.79 Å². The van der Waals surface area contributed by atoms with Crippen molar-refractivity contribution in [2.75, 3.05) is 19.5 Å². The lowest BCUT2D eigenvalue weighted by atomic mass is 10.1. The maximum absolute atomic E-state index is 12.7. The summed E-state index contributed by atoms with van der Waals surface area (Å²) in [5.41, 5.74) is 0.0814. The van der Waals surface area contributed by atoms with E-state index in [9.17, 15) is 19.5 Å². The second-order valence-electron chi connectivity index (χ2n) is 6.50. The van der Waals surface area contributed by atoms with Gasteiger partial charge in [-0.25, -0.2) is 9.59 Å². The third kappa shape index (κ3) is 5.14. The van der Waals surface area contributed by atoms with Crippen LogP contribution in [0.3, 0.4) is 0 Å². The number of rotatable bonds is 8. The minimum absolute atomic E-state index is 0.0264. The fourth-order valence-electron chi connectivity index (χ4n) is 2.83. The summed E-state index contributed by atoms with van der Waals surface area (Å²) in [5, 5.41) is 21.2. The predicted molar refractivity (Wildman–Crippen MR) is 114 cm³/mol. The van der Waals surface area contributed by atoms with Gasteiger partial charge in [0.15, 0.2) is 0 Å². The Morgan fingerprint density at radius 1 is 0.719 bits per heavy atom. The van der Waals surface area contributed by atoms with Gasteiger partial charge in [-0.2, -0.15) is 0 Å². The molecule has 3 N–H and O–H groups in total. The number of ether oxygens (including phenoxy) is 3. The summed E-state index contributed by atoms with van der Waals surface area (Å²) in [4.78, 5) is 35.6. The van der Waals surface area contributed by atoms with Gasteiger partial charge in [-0.05, 0) is 48.5 Å². The van der Waals surface area contributed by atoms with Gasteiger partial charge in [0.2, 0.25) is 0 Å². The number of benzene rings is 3. The number of carbonyl (C=O) groups excluding carboxylic acids is 1. The summed E-state index contributed by atoms with van der Waals surface area (Å²) in [5.74, 6) is -1.78. The molecule has 0 atom stereocenters. The van der Waals surface area contributed by atoms with Crippen LogP contribution in [0.15, 0.2) is 60.7 Å². The van der Waals surface area contributed by atoms with Crippen LogP contribution < -0.4 is 19.5 Å². The maximum Gasteiger partial charge on any atom is 0.337 e. The normalized spacial score (nSPS) is 10.2. The number of carboxylic acid groups (broad SMARTS) is 2. The molecule has 164 valence electrons. The summed E-state index contributed by atoms with van der Waals surface area (Å²) in [6.45, 7) is 0. The van der Waals surface area contributed by atoms with Gasteiger partial charge >= 0.3 is 11.9 Å². The molecule has 3 rings (SSSR count). The molecule has 0 saturated carbocycles. The Morgan fingerprint density at radius 2 is 1.34 bits per heavy atom. The number of carboxylic acids is 2. The molecular weight excluding hydrogens is 418 g/mol. The van der Waals surface area contributed by atoms with Crippen molar-refractivity contribution in [3.05, 3.63) is 77.4 Å².